The van der Waals surface area contributed by atoms with Crippen LogP contribution in [0.2, 0.25) is 0 Å². The molecule has 120 valence electrons. The summed E-state index contributed by atoms with van der Waals surface area (Å²) in [7, 11) is 1.98. The van der Waals surface area contributed by atoms with E-state index in [2.05, 4.69) is 5.32 Å². The SMILES string of the molecule is CNCC1CCN(C(=O)C2Oc3ccccc3OC2C)CC1. The van der Waals surface area contributed by atoms with E-state index in [4.69, 9.17) is 9.47 Å². The van der Waals surface area contributed by atoms with Gasteiger partial charge in [-0.05, 0) is 51.4 Å². The fourth-order valence-electron chi connectivity index (χ4n) is 3.22. The van der Waals surface area contributed by atoms with Crippen molar-refractivity contribution in [2.24, 2.45) is 5.92 Å². The fourth-order valence-corrected chi connectivity index (χ4v) is 3.22. The minimum atomic E-state index is -0.546. The number of amides is 1. The van der Waals surface area contributed by atoms with E-state index >= 15 is 0 Å². The van der Waals surface area contributed by atoms with Crippen LogP contribution in [0.3, 0.4) is 0 Å². The number of fused-ring (bicyclic) bond motifs is 1. The molecule has 2 aliphatic heterocycles. The highest BCUT2D eigenvalue weighted by atomic mass is 16.6. The number of ether oxygens (including phenoxy) is 2. The number of hydrogen-bond acceptors (Lipinski definition) is 4. The summed E-state index contributed by atoms with van der Waals surface area (Å²) in [5, 5.41) is 3.21. The molecular weight excluding hydrogens is 280 g/mol. The number of nitrogens with one attached hydrogen (secondary N) is 1. The monoisotopic (exact) mass is 304 g/mol. The molecule has 0 spiro atoms. The number of carbonyl (C=O) groups is 1. The third kappa shape index (κ3) is 3.04. The van der Waals surface area contributed by atoms with Crippen LogP contribution in [0.15, 0.2) is 24.3 Å². The number of carbonyl (C=O) groups excluding carboxylic acids is 1. The van der Waals surface area contributed by atoms with Crippen molar-refractivity contribution < 1.29 is 14.3 Å². The van der Waals surface area contributed by atoms with E-state index in [-0.39, 0.29) is 12.0 Å². The van der Waals surface area contributed by atoms with Gasteiger partial charge >= 0.3 is 0 Å². The number of para-hydroxylation sites is 2. The lowest BCUT2D eigenvalue weighted by Gasteiger charge is -2.37. The maximum Gasteiger partial charge on any atom is 0.267 e. The van der Waals surface area contributed by atoms with Gasteiger partial charge in [-0.25, -0.2) is 0 Å². The predicted molar refractivity (Wildman–Crippen MR) is 84.2 cm³/mol. The molecular formula is C17H24N2O3. The van der Waals surface area contributed by atoms with Crippen LogP contribution in [0.5, 0.6) is 11.5 Å². The third-order valence-electron chi connectivity index (χ3n) is 4.50. The fraction of sp³-hybridized carbons (Fsp3) is 0.588. The Bertz CT molecular complexity index is 526. The van der Waals surface area contributed by atoms with E-state index in [0.29, 0.717) is 17.4 Å². The zero-order chi connectivity index (χ0) is 15.5. The van der Waals surface area contributed by atoms with Gasteiger partial charge < -0.3 is 19.7 Å². The van der Waals surface area contributed by atoms with E-state index in [1.54, 1.807) is 0 Å². The molecule has 2 heterocycles. The summed E-state index contributed by atoms with van der Waals surface area (Å²) in [4.78, 5) is 14.7. The zero-order valence-electron chi connectivity index (χ0n) is 13.2. The summed E-state index contributed by atoms with van der Waals surface area (Å²) in [6, 6.07) is 7.52. The molecule has 1 fully saturated rings. The van der Waals surface area contributed by atoms with E-state index in [0.717, 1.165) is 32.5 Å². The van der Waals surface area contributed by atoms with Crippen molar-refractivity contribution in [3.63, 3.8) is 0 Å². The van der Waals surface area contributed by atoms with Crippen molar-refractivity contribution in [1.29, 1.82) is 0 Å². The molecule has 0 aromatic heterocycles. The Kier molecular flexibility index (Phi) is 4.52. The van der Waals surface area contributed by atoms with Crippen LogP contribution in [0.25, 0.3) is 0 Å². The van der Waals surface area contributed by atoms with Crippen LogP contribution in [0, 0.1) is 5.92 Å². The topological polar surface area (TPSA) is 50.8 Å². The Morgan fingerprint density at radius 3 is 2.50 bits per heavy atom. The highest BCUT2D eigenvalue weighted by molar-refractivity contribution is 5.82. The highest BCUT2D eigenvalue weighted by Gasteiger charge is 2.37. The minimum Gasteiger partial charge on any atom is -0.482 e. The van der Waals surface area contributed by atoms with Crippen molar-refractivity contribution in [3.05, 3.63) is 24.3 Å². The molecule has 1 N–H and O–H groups in total. The summed E-state index contributed by atoms with van der Waals surface area (Å²) in [6.07, 6.45) is 1.28. The molecule has 22 heavy (non-hydrogen) atoms. The smallest absolute Gasteiger partial charge is 0.267 e. The molecule has 2 atom stereocenters. The van der Waals surface area contributed by atoms with Crippen LogP contribution >= 0.6 is 0 Å². The van der Waals surface area contributed by atoms with Gasteiger partial charge in [-0.15, -0.1) is 0 Å². The summed E-state index contributed by atoms with van der Waals surface area (Å²) in [6.45, 7) is 4.53. The van der Waals surface area contributed by atoms with Crippen LogP contribution in [-0.2, 0) is 4.79 Å². The Labute approximate surface area is 131 Å². The normalized spacial score (nSPS) is 25.1. The molecule has 5 nitrogen and oxygen atoms in total. The van der Waals surface area contributed by atoms with Crippen molar-refractivity contribution in [2.45, 2.75) is 32.0 Å². The first-order valence-electron chi connectivity index (χ1n) is 8.04. The zero-order valence-corrected chi connectivity index (χ0v) is 13.2. The quantitative estimate of drug-likeness (QED) is 0.923. The lowest BCUT2D eigenvalue weighted by atomic mass is 9.96. The van der Waals surface area contributed by atoms with Gasteiger partial charge in [0, 0.05) is 13.1 Å². The third-order valence-corrected chi connectivity index (χ3v) is 4.50. The largest absolute Gasteiger partial charge is 0.482 e. The second kappa shape index (κ2) is 6.57. The van der Waals surface area contributed by atoms with Gasteiger partial charge in [-0.3, -0.25) is 4.79 Å². The number of hydrogen-bond donors (Lipinski definition) is 1. The van der Waals surface area contributed by atoms with Crippen molar-refractivity contribution in [1.82, 2.24) is 10.2 Å². The second-order valence-electron chi connectivity index (χ2n) is 6.13. The van der Waals surface area contributed by atoms with Gasteiger partial charge in [-0.1, -0.05) is 12.1 Å². The van der Waals surface area contributed by atoms with Crippen LogP contribution in [0.4, 0.5) is 0 Å². The number of benzene rings is 1. The van der Waals surface area contributed by atoms with Crippen molar-refractivity contribution in [2.75, 3.05) is 26.7 Å². The van der Waals surface area contributed by atoms with Gasteiger partial charge in [0.25, 0.3) is 5.91 Å². The average molecular weight is 304 g/mol. The maximum atomic E-state index is 12.7. The Hall–Kier alpha value is -1.75. The van der Waals surface area contributed by atoms with E-state index in [1.807, 2.05) is 43.1 Å². The molecule has 5 heteroatoms. The van der Waals surface area contributed by atoms with Crippen LogP contribution in [-0.4, -0.2) is 49.7 Å². The molecule has 1 amide bonds. The van der Waals surface area contributed by atoms with Crippen LogP contribution in [0.1, 0.15) is 19.8 Å². The molecule has 3 rings (SSSR count). The lowest BCUT2D eigenvalue weighted by Crippen LogP contribution is -2.52. The van der Waals surface area contributed by atoms with Crippen molar-refractivity contribution in [3.8, 4) is 11.5 Å². The van der Waals surface area contributed by atoms with Crippen LogP contribution < -0.4 is 14.8 Å². The van der Waals surface area contributed by atoms with E-state index in [1.165, 1.54) is 0 Å². The first-order chi connectivity index (χ1) is 10.7. The molecule has 0 saturated carbocycles. The van der Waals surface area contributed by atoms with Gasteiger partial charge in [-0.2, -0.15) is 0 Å². The van der Waals surface area contributed by atoms with Crippen molar-refractivity contribution >= 4 is 5.91 Å². The number of rotatable bonds is 3. The molecule has 1 aromatic carbocycles. The molecule has 2 aliphatic rings. The van der Waals surface area contributed by atoms with Gasteiger partial charge in [0.2, 0.25) is 6.10 Å². The second-order valence-corrected chi connectivity index (χ2v) is 6.13. The van der Waals surface area contributed by atoms with Gasteiger partial charge in [0.05, 0.1) is 0 Å². The molecule has 2 unspecified atom stereocenters. The summed E-state index contributed by atoms with van der Waals surface area (Å²) in [5.41, 5.74) is 0. The Morgan fingerprint density at radius 1 is 1.23 bits per heavy atom. The number of likely N-dealkylation sites (tertiary alicyclic amines) is 1. The van der Waals surface area contributed by atoms with Gasteiger partial charge in [0.15, 0.2) is 11.5 Å². The average Bonchev–Trinajstić information content (AvgIpc) is 2.54. The maximum absolute atomic E-state index is 12.7. The van der Waals surface area contributed by atoms with E-state index < -0.39 is 6.10 Å². The molecule has 0 bridgehead atoms. The predicted octanol–water partition coefficient (Wildman–Crippen LogP) is 1.67. The number of nitrogens with zero attached hydrogens (tertiary/aromatic N) is 1. The Balaban J connectivity index is 1.63. The molecule has 1 saturated heterocycles. The Morgan fingerprint density at radius 2 is 1.86 bits per heavy atom. The summed E-state index contributed by atoms with van der Waals surface area (Å²) in [5.74, 6) is 2.08. The first-order valence-corrected chi connectivity index (χ1v) is 8.04. The van der Waals surface area contributed by atoms with Gasteiger partial charge in [0.1, 0.15) is 6.10 Å². The molecule has 0 aliphatic carbocycles. The number of piperidine rings is 1. The first kappa shape index (κ1) is 15.2. The lowest BCUT2D eigenvalue weighted by molar-refractivity contribution is -0.145. The molecule has 1 aromatic rings. The summed E-state index contributed by atoms with van der Waals surface area (Å²) >= 11 is 0. The molecule has 0 radical (unpaired) electrons. The minimum absolute atomic E-state index is 0.0462. The van der Waals surface area contributed by atoms with E-state index in [9.17, 15) is 4.79 Å². The standard InChI is InChI=1S/C17H24N2O3/c1-12-16(22-15-6-4-3-5-14(15)21-12)17(20)19-9-7-13(8-10-19)11-18-2/h3-6,12-13,16,18H,7-11H2,1-2H3. The summed E-state index contributed by atoms with van der Waals surface area (Å²) < 4.78 is 11.7. The highest BCUT2D eigenvalue weighted by Crippen LogP contribution is 2.34.